The van der Waals surface area contributed by atoms with E-state index in [1.54, 1.807) is 0 Å². The maximum Gasteiger partial charge on any atom is 0.0489 e. The summed E-state index contributed by atoms with van der Waals surface area (Å²) >= 11 is 0. The van der Waals surface area contributed by atoms with Crippen LogP contribution < -0.4 is 5.73 Å². The van der Waals surface area contributed by atoms with Crippen molar-refractivity contribution in [2.45, 2.75) is 38.3 Å². The first-order valence-electron chi connectivity index (χ1n) is 4.97. The Labute approximate surface area is 78.9 Å². The van der Waals surface area contributed by atoms with Crippen molar-refractivity contribution in [3.05, 3.63) is 18.5 Å². The summed E-state index contributed by atoms with van der Waals surface area (Å²) in [5.74, 6) is 0.727. The van der Waals surface area contributed by atoms with Gasteiger partial charge in [-0.3, -0.25) is 4.68 Å². The van der Waals surface area contributed by atoms with Crippen LogP contribution in [0.1, 0.15) is 26.2 Å². The lowest BCUT2D eigenvalue weighted by molar-refractivity contribution is 0.483. The molecule has 2 N–H and O–H groups in total. The minimum atomic E-state index is 0.160. The van der Waals surface area contributed by atoms with Crippen LogP contribution in [0, 0.1) is 5.92 Å². The van der Waals surface area contributed by atoms with Gasteiger partial charge < -0.3 is 5.73 Å². The van der Waals surface area contributed by atoms with Crippen LogP contribution in [0.2, 0.25) is 0 Å². The Balaban J connectivity index is 1.70. The smallest absolute Gasteiger partial charge is 0.0489 e. The minimum absolute atomic E-state index is 0.160. The third kappa shape index (κ3) is 1.91. The van der Waals surface area contributed by atoms with Crippen molar-refractivity contribution in [1.29, 1.82) is 0 Å². The van der Waals surface area contributed by atoms with Gasteiger partial charge in [0.15, 0.2) is 0 Å². The van der Waals surface area contributed by atoms with Gasteiger partial charge in [0.1, 0.15) is 0 Å². The normalized spacial score (nSPS) is 32.0. The van der Waals surface area contributed by atoms with Crippen molar-refractivity contribution in [2.24, 2.45) is 11.7 Å². The fraction of sp³-hybridized carbons (Fsp3) is 0.700. The topological polar surface area (TPSA) is 43.8 Å². The van der Waals surface area contributed by atoms with E-state index in [0.717, 1.165) is 25.3 Å². The fourth-order valence-electron chi connectivity index (χ4n) is 1.86. The van der Waals surface area contributed by atoms with E-state index in [4.69, 9.17) is 5.73 Å². The average Bonchev–Trinajstić information content (AvgIpc) is 2.55. The Morgan fingerprint density at radius 3 is 3.00 bits per heavy atom. The Bertz CT molecular complexity index is 268. The molecule has 0 aliphatic heterocycles. The van der Waals surface area contributed by atoms with Gasteiger partial charge in [-0.05, 0) is 31.2 Å². The number of nitrogens with zero attached hydrogens (tertiary/aromatic N) is 2. The lowest BCUT2D eigenvalue weighted by atomic mass is 10.1. The second-order valence-electron chi connectivity index (χ2n) is 4.21. The molecule has 13 heavy (non-hydrogen) atoms. The van der Waals surface area contributed by atoms with Crippen molar-refractivity contribution in [2.75, 3.05) is 0 Å². The van der Waals surface area contributed by atoms with E-state index in [2.05, 4.69) is 12.0 Å². The van der Waals surface area contributed by atoms with Crippen molar-refractivity contribution in [1.82, 2.24) is 9.78 Å². The monoisotopic (exact) mass is 179 g/mol. The van der Waals surface area contributed by atoms with E-state index in [-0.39, 0.29) is 5.54 Å². The summed E-state index contributed by atoms with van der Waals surface area (Å²) in [5.41, 5.74) is 6.26. The highest BCUT2D eigenvalue weighted by Gasteiger charge is 2.46. The molecule has 0 radical (unpaired) electrons. The molecular weight excluding hydrogens is 162 g/mol. The highest BCUT2D eigenvalue weighted by atomic mass is 15.3. The summed E-state index contributed by atoms with van der Waals surface area (Å²) in [5, 5.41) is 4.15. The minimum Gasteiger partial charge on any atom is -0.325 e. The van der Waals surface area contributed by atoms with Crippen molar-refractivity contribution in [3.8, 4) is 0 Å². The number of aryl methyl sites for hydroxylation is 1. The third-order valence-corrected chi connectivity index (χ3v) is 3.10. The van der Waals surface area contributed by atoms with Crippen LogP contribution in [-0.2, 0) is 6.54 Å². The number of hydrogen-bond acceptors (Lipinski definition) is 2. The van der Waals surface area contributed by atoms with E-state index in [9.17, 15) is 0 Å². The average molecular weight is 179 g/mol. The molecule has 1 aliphatic rings. The molecule has 1 fully saturated rings. The predicted octanol–water partition coefficient (Wildman–Crippen LogP) is 1.40. The van der Waals surface area contributed by atoms with E-state index >= 15 is 0 Å². The molecule has 3 nitrogen and oxygen atoms in total. The van der Waals surface area contributed by atoms with Crippen LogP contribution in [0.25, 0.3) is 0 Å². The standard InChI is InChI=1S/C10H17N3/c1-9-8-10(9,11)4-2-6-13-7-3-5-12-13/h3,5,7,9H,2,4,6,8,11H2,1H3. The van der Waals surface area contributed by atoms with Crippen LogP contribution in [0.3, 0.4) is 0 Å². The zero-order valence-electron chi connectivity index (χ0n) is 8.11. The molecule has 0 spiro atoms. The van der Waals surface area contributed by atoms with Gasteiger partial charge in [-0.1, -0.05) is 6.92 Å². The molecule has 0 amide bonds. The lowest BCUT2D eigenvalue weighted by Gasteiger charge is -2.09. The van der Waals surface area contributed by atoms with Gasteiger partial charge in [-0.25, -0.2) is 0 Å². The molecule has 2 atom stereocenters. The first-order chi connectivity index (χ1) is 6.21. The molecule has 1 aliphatic carbocycles. The fourth-order valence-corrected chi connectivity index (χ4v) is 1.86. The molecule has 2 rings (SSSR count). The highest BCUT2D eigenvalue weighted by Crippen LogP contribution is 2.43. The van der Waals surface area contributed by atoms with E-state index in [1.807, 2.05) is 23.1 Å². The van der Waals surface area contributed by atoms with Crippen LogP contribution in [0.5, 0.6) is 0 Å². The van der Waals surface area contributed by atoms with Crippen molar-refractivity contribution in [3.63, 3.8) is 0 Å². The van der Waals surface area contributed by atoms with E-state index in [0.29, 0.717) is 0 Å². The molecule has 0 aromatic carbocycles. The molecule has 1 saturated carbocycles. The van der Waals surface area contributed by atoms with Gasteiger partial charge in [-0.2, -0.15) is 5.10 Å². The SMILES string of the molecule is CC1CC1(N)CCCn1cccn1. The molecule has 3 heteroatoms. The quantitative estimate of drug-likeness (QED) is 0.759. The van der Waals surface area contributed by atoms with Crippen molar-refractivity contribution < 1.29 is 0 Å². The summed E-state index contributed by atoms with van der Waals surface area (Å²) in [6, 6.07) is 1.96. The number of rotatable bonds is 4. The van der Waals surface area contributed by atoms with Gasteiger partial charge >= 0.3 is 0 Å². The molecule has 1 aromatic heterocycles. The maximum atomic E-state index is 6.10. The Morgan fingerprint density at radius 2 is 2.46 bits per heavy atom. The zero-order valence-corrected chi connectivity index (χ0v) is 8.11. The van der Waals surface area contributed by atoms with Crippen LogP contribution in [0.4, 0.5) is 0 Å². The maximum absolute atomic E-state index is 6.10. The summed E-state index contributed by atoms with van der Waals surface area (Å²) < 4.78 is 1.97. The molecule has 0 saturated heterocycles. The van der Waals surface area contributed by atoms with Gasteiger partial charge in [0.05, 0.1) is 0 Å². The number of nitrogens with two attached hydrogens (primary N) is 1. The largest absolute Gasteiger partial charge is 0.325 e. The summed E-state index contributed by atoms with van der Waals surface area (Å²) in [7, 11) is 0. The van der Waals surface area contributed by atoms with Gasteiger partial charge in [-0.15, -0.1) is 0 Å². The van der Waals surface area contributed by atoms with Crippen LogP contribution in [0.15, 0.2) is 18.5 Å². The summed E-state index contributed by atoms with van der Waals surface area (Å²) in [6.45, 7) is 3.23. The van der Waals surface area contributed by atoms with E-state index in [1.165, 1.54) is 6.42 Å². The molecule has 0 bridgehead atoms. The molecule has 2 unspecified atom stereocenters. The zero-order chi connectivity index (χ0) is 9.31. The van der Waals surface area contributed by atoms with Crippen LogP contribution >= 0.6 is 0 Å². The second-order valence-corrected chi connectivity index (χ2v) is 4.21. The molecule has 1 aromatic rings. The Morgan fingerprint density at radius 1 is 1.69 bits per heavy atom. The second kappa shape index (κ2) is 3.14. The number of aromatic nitrogens is 2. The van der Waals surface area contributed by atoms with Crippen LogP contribution in [-0.4, -0.2) is 15.3 Å². The van der Waals surface area contributed by atoms with Crippen molar-refractivity contribution >= 4 is 0 Å². The first kappa shape index (κ1) is 8.75. The summed E-state index contributed by atoms with van der Waals surface area (Å²) in [4.78, 5) is 0. The first-order valence-corrected chi connectivity index (χ1v) is 4.97. The lowest BCUT2D eigenvalue weighted by Crippen LogP contribution is -2.24. The van der Waals surface area contributed by atoms with Gasteiger partial charge in [0.25, 0.3) is 0 Å². The Hall–Kier alpha value is -0.830. The highest BCUT2D eigenvalue weighted by molar-refractivity contribution is 5.04. The molecule has 1 heterocycles. The van der Waals surface area contributed by atoms with Gasteiger partial charge in [0, 0.05) is 24.5 Å². The third-order valence-electron chi connectivity index (χ3n) is 3.10. The Kier molecular flexibility index (Phi) is 2.12. The molecule has 72 valence electrons. The summed E-state index contributed by atoms with van der Waals surface area (Å²) in [6.07, 6.45) is 7.29. The predicted molar refractivity (Wildman–Crippen MR) is 52.2 cm³/mol. The van der Waals surface area contributed by atoms with Gasteiger partial charge in [0.2, 0.25) is 0 Å². The van der Waals surface area contributed by atoms with E-state index < -0.39 is 0 Å². The molecular formula is C10H17N3. The number of hydrogen-bond donors (Lipinski definition) is 1.